The molecule has 0 bridgehead atoms. The highest BCUT2D eigenvalue weighted by molar-refractivity contribution is 7.99. The first-order chi connectivity index (χ1) is 12.4. The van der Waals surface area contributed by atoms with Gasteiger partial charge in [-0.2, -0.15) is 0 Å². The van der Waals surface area contributed by atoms with Crippen LogP contribution in [0.2, 0.25) is 0 Å². The number of ether oxygens (including phenoxy) is 2. The third-order valence-electron chi connectivity index (χ3n) is 4.89. The molecular weight excluding hydrogens is 374 g/mol. The summed E-state index contributed by atoms with van der Waals surface area (Å²) in [6, 6.07) is 5.66. The van der Waals surface area contributed by atoms with Crippen LogP contribution in [0.25, 0.3) is 0 Å². The average Bonchev–Trinajstić information content (AvgIpc) is 3.20. The molecule has 1 fully saturated rings. The van der Waals surface area contributed by atoms with Crippen LogP contribution < -0.4 is 9.47 Å². The van der Waals surface area contributed by atoms with Gasteiger partial charge in [-0.05, 0) is 37.5 Å². The number of sulfone groups is 1. The van der Waals surface area contributed by atoms with Gasteiger partial charge < -0.3 is 14.4 Å². The van der Waals surface area contributed by atoms with Crippen LogP contribution in [0.15, 0.2) is 18.2 Å². The van der Waals surface area contributed by atoms with E-state index in [1.54, 1.807) is 4.90 Å². The Labute approximate surface area is 159 Å². The van der Waals surface area contributed by atoms with Gasteiger partial charge in [0, 0.05) is 17.8 Å². The van der Waals surface area contributed by atoms with Gasteiger partial charge in [-0.3, -0.25) is 4.79 Å². The van der Waals surface area contributed by atoms with Crippen molar-refractivity contribution in [2.75, 3.05) is 24.1 Å². The van der Waals surface area contributed by atoms with Crippen molar-refractivity contribution in [1.29, 1.82) is 0 Å². The highest BCUT2D eigenvalue weighted by Crippen LogP contribution is 2.33. The van der Waals surface area contributed by atoms with Gasteiger partial charge in [-0.1, -0.05) is 13.0 Å². The molecule has 1 aromatic carbocycles. The predicted octanol–water partition coefficient (Wildman–Crippen LogP) is 2.46. The summed E-state index contributed by atoms with van der Waals surface area (Å²) >= 11 is 1.54. The molecule has 1 amide bonds. The summed E-state index contributed by atoms with van der Waals surface area (Å²) in [7, 11) is -3.01. The molecule has 2 atom stereocenters. The summed E-state index contributed by atoms with van der Waals surface area (Å²) in [5.74, 6) is 2.83. The van der Waals surface area contributed by atoms with Gasteiger partial charge in [0.15, 0.2) is 21.3 Å². The smallest absolute Gasteiger partial charge is 0.233 e. The van der Waals surface area contributed by atoms with Crippen LogP contribution in [0, 0.1) is 0 Å². The standard InChI is InChI=1S/C18H25NO5S2/c1-3-13(2)19(15-6-7-26(21,22)11-15)18(20)10-25-9-14-4-5-16-17(8-14)24-12-23-16/h4-5,8,13,15H,3,6-7,9-12H2,1-2H3/t13-,15-/m0/s1. The number of hydrogen-bond donors (Lipinski definition) is 0. The Balaban J connectivity index is 1.57. The van der Waals surface area contributed by atoms with Crippen LogP contribution in [0.5, 0.6) is 11.5 Å². The number of benzene rings is 1. The molecular formula is C18H25NO5S2. The quantitative estimate of drug-likeness (QED) is 0.701. The second-order valence-corrected chi connectivity index (χ2v) is 10.0. The van der Waals surface area contributed by atoms with Crippen molar-refractivity contribution in [3.63, 3.8) is 0 Å². The fourth-order valence-corrected chi connectivity index (χ4v) is 5.91. The summed E-state index contributed by atoms with van der Waals surface area (Å²) in [4.78, 5) is 14.6. The van der Waals surface area contributed by atoms with Crippen molar-refractivity contribution in [3.8, 4) is 11.5 Å². The molecule has 8 heteroatoms. The van der Waals surface area contributed by atoms with E-state index >= 15 is 0 Å². The van der Waals surface area contributed by atoms with Crippen LogP contribution in [0.4, 0.5) is 0 Å². The molecule has 0 N–H and O–H groups in total. The van der Waals surface area contributed by atoms with Gasteiger partial charge in [0.2, 0.25) is 12.7 Å². The van der Waals surface area contributed by atoms with E-state index in [9.17, 15) is 13.2 Å². The fraction of sp³-hybridized carbons (Fsp3) is 0.611. The zero-order valence-electron chi connectivity index (χ0n) is 15.1. The maximum Gasteiger partial charge on any atom is 0.233 e. The van der Waals surface area contributed by atoms with Gasteiger partial charge in [-0.25, -0.2) is 8.42 Å². The molecule has 0 radical (unpaired) electrons. The number of nitrogens with zero attached hydrogens (tertiary/aromatic N) is 1. The number of carbonyl (C=O) groups excluding carboxylic acids is 1. The molecule has 0 aliphatic carbocycles. The molecule has 2 aliphatic heterocycles. The van der Waals surface area contributed by atoms with E-state index in [4.69, 9.17) is 9.47 Å². The Kier molecular flexibility index (Phi) is 6.02. The molecule has 0 aromatic heterocycles. The minimum absolute atomic E-state index is 0.0205. The van der Waals surface area contributed by atoms with Crippen molar-refractivity contribution >= 4 is 27.5 Å². The van der Waals surface area contributed by atoms with E-state index < -0.39 is 9.84 Å². The van der Waals surface area contributed by atoms with Gasteiger partial charge in [0.05, 0.1) is 17.3 Å². The molecule has 2 aliphatic rings. The van der Waals surface area contributed by atoms with Crippen molar-refractivity contribution in [3.05, 3.63) is 23.8 Å². The Morgan fingerprint density at radius 1 is 1.35 bits per heavy atom. The number of hydrogen-bond acceptors (Lipinski definition) is 6. The molecule has 1 aromatic rings. The van der Waals surface area contributed by atoms with Gasteiger partial charge in [0.25, 0.3) is 0 Å². The largest absolute Gasteiger partial charge is 0.454 e. The maximum absolute atomic E-state index is 12.8. The lowest BCUT2D eigenvalue weighted by molar-refractivity contribution is -0.132. The summed E-state index contributed by atoms with van der Waals surface area (Å²) in [5.41, 5.74) is 1.07. The van der Waals surface area contributed by atoms with Crippen LogP contribution in [0.3, 0.4) is 0 Å². The van der Waals surface area contributed by atoms with E-state index in [0.29, 0.717) is 17.9 Å². The van der Waals surface area contributed by atoms with E-state index in [0.717, 1.165) is 23.5 Å². The van der Waals surface area contributed by atoms with Crippen molar-refractivity contribution in [1.82, 2.24) is 4.90 Å². The fourth-order valence-electron chi connectivity index (χ4n) is 3.36. The van der Waals surface area contributed by atoms with Gasteiger partial charge in [-0.15, -0.1) is 11.8 Å². The number of carbonyl (C=O) groups is 1. The number of thioether (sulfide) groups is 1. The van der Waals surface area contributed by atoms with Crippen LogP contribution in [-0.4, -0.2) is 55.4 Å². The summed E-state index contributed by atoms with van der Waals surface area (Å²) in [5, 5.41) is 0. The van der Waals surface area contributed by atoms with Crippen molar-refractivity contribution < 1.29 is 22.7 Å². The molecule has 6 nitrogen and oxygen atoms in total. The molecule has 1 saturated heterocycles. The Bertz CT molecular complexity index is 765. The van der Waals surface area contributed by atoms with Crippen LogP contribution in [0.1, 0.15) is 32.3 Å². The third-order valence-corrected chi connectivity index (χ3v) is 7.63. The summed E-state index contributed by atoms with van der Waals surface area (Å²) < 4.78 is 34.3. The SMILES string of the molecule is CC[C@H](C)N(C(=O)CSCc1ccc2c(c1)OCO2)[C@H]1CCS(=O)(=O)C1. The average molecular weight is 400 g/mol. The van der Waals surface area contributed by atoms with Gasteiger partial charge in [0.1, 0.15) is 0 Å². The number of rotatable bonds is 7. The molecule has 3 rings (SSSR count). The predicted molar refractivity (Wildman–Crippen MR) is 102 cm³/mol. The first-order valence-corrected chi connectivity index (χ1v) is 11.8. The molecule has 26 heavy (non-hydrogen) atoms. The first kappa shape index (κ1) is 19.4. The topological polar surface area (TPSA) is 72.9 Å². The Morgan fingerprint density at radius 3 is 2.81 bits per heavy atom. The molecule has 144 valence electrons. The lowest BCUT2D eigenvalue weighted by Crippen LogP contribution is -2.47. The second kappa shape index (κ2) is 8.08. The molecule has 0 saturated carbocycles. The van der Waals surface area contributed by atoms with Crippen molar-refractivity contribution in [2.45, 2.75) is 44.5 Å². The molecule has 2 heterocycles. The first-order valence-electron chi connectivity index (χ1n) is 8.87. The minimum atomic E-state index is -3.01. The minimum Gasteiger partial charge on any atom is -0.454 e. The second-order valence-electron chi connectivity index (χ2n) is 6.80. The third kappa shape index (κ3) is 4.46. The highest BCUT2D eigenvalue weighted by atomic mass is 32.2. The zero-order valence-corrected chi connectivity index (χ0v) is 16.8. The Hall–Kier alpha value is -1.41. The van der Waals surface area contributed by atoms with Crippen LogP contribution >= 0.6 is 11.8 Å². The summed E-state index contributed by atoms with van der Waals surface area (Å²) in [6.45, 7) is 4.26. The van der Waals surface area contributed by atoms with E-state index in [2.05, 4.69) is 0 Å². The number of fused-ring (bicyclic) bond motifs is 1. The number of amides is 1. The van der Waals surface area contributed by atoms with E-state index in [1.807, 2.05) is 32.0 Å². The normalized spacial score (nSPS) is 21.5. The highest BCUT2D eigenvalue weighted by Gasteiger charge is 2.36. The monoisotopic (exact) mass is 399 g/mol. The van der Waals surface area contributed by atoms with Crippen LogP contribution in [-0.2, 0) is 20.4 Å². The van der Waals surface area contributed by atoms with E-state index in [-0.39, 0.29) is 36.3 Å². The Morgan fingerprint density at radius 2 is 2.12 bits per heavy atom. The zero-order chi connectivity index (χ0) is 18.7. The molecule has 0 unspecified atom stereocenters. The summed E-state index contributed by atoms with van der Waals surface area (Å²) in [6.07, 6.45) is 1.36. The van der Waals surface area contributed by atoms with Gasteiger partial charge >= 0.3 is 0 Å². The lowest BCUT2D eigenvalue weighted by atomic mass is 10.1. The molecule has 0 spiro atoms. The lowest BCUT2D eigenvalue weighted by Gasteiger charge is -2.33. The van der Waals surface area contributed by atoms with E-state index in [1.165, 1.54) is 11.8 Å². The van der Waals surface area contributed by atoms with Crippen molar-refractivity contribution in [2.24, 2.45) is 0 Å². The maximum atomic E-state index is 12.8.